The number of aryl methyl sites for hydroxylation is 2. The van der Waals surface area contributed by atoms with Gasteiger partial charge in [0, 0.05) is 44.4 Å². The highest BCUT2D eigenvalue weighted by molar-refractivity contribution is 7.15. The number of carboxylic acids is 1. The first kappa shape index (κ1) is 26.7. The van der Waals surface area contributed by atoms with Crippen LogP contribution in [0.25, 0.3) is 0 Å². The number of thiazole rings is 1. The fourth-order valence-corrected chi connectivity index (χ4v) is 4.74. The van der Waals surface area contributed by atoms with E-state index in [1.54, 1.807) is 32.2 Å². The Morgan fingerprint density at radius 1 is 1.23 bits per heavy atom. The predicted molar refractivity (Wildman–Crippen MR) is 135 cm³/mol. The number of ether oxygens (including phenoxy) is 3. The van der Waals surface area contributed by atoms with Crippen LogP contribution in [-0.4, -0.2) is 73.1 Å². The molecule has 0 bridgehead atoms. The summed E-state index contributed by atoms with van der Waals surface area (Å²) < 4.78 is 16.7. The summed E-state index contributed by atoms with van der Waals surface area (Å²) >= 11 is 1.70. The maximum atomic E-state index is 12.3. The van der Waals surface area contributed by atoms with Crippen LogP contribution in [0.15, 0.2) is 18.2 Å². The van der Waals surface area contributed by atoms with Crippen LogP contribution in [0.2, 0.25) is 0 Å². The highest BCUT2D eigenvalue weighted by Gasteiger charge is 2.18. The van der Waals surface area contributed by atoms with Crippen molar-refractivity contribution < 1.29 is 28.9 Å². The van der Waals surface area contributed by atoms with E-state index in [-0.39, 0.29) is 12.5 Å². The molecule has 1 aliphatic heterocycles. The van der Waals surface area contributed by atoms with Gasteiger partial charge >= 0.3 is 12.1 Å². The molecular formula is C25H35N3O6S. The van der Waals surface area contributed by atoms with Crippen molar-refractivity contribution in [2.75, 3.05) is 44.9 Å². The lowest BCUT2D eigenvalue weighted by Crippen LogP contribution is -2.36. The van der Waals surface area contributed by atoms with Gasteiger partial charge in [0.1, 0.15) is 5.75 Å². The van der Waals surface area contributed by atoms with Gasteiger partial charge in [0.05, 0.1) is 31.6 Å². The van der Waals surface area contributed by atoms with Crippen LogP contribution in [-0.2, 0) is 33.7 Å². The summed E-state index contributed by atoms with van der Waals surface area (Å²) in [4.78, 5) is 33.1. The van der Waals surface area contributed by atoms with E-state index in [1.807, 2.05) is 18.2 Å². The number of anilines is 1. The van der Waals surface area contributed by atoms with E-state index in [2.05, 4.69) is 11.8 Å². The van der Waals surface area contributed by atoms with Crippen molar-refractivity contribution in [3.05, 3.63) is 39.9 Å². The molecule has 1 aliphatic rings. The summed E-state index contributed by atoms with van der Waals surface area (Å²) in [6.45, 7) is 9.62. The second-order valence-corrected chi connectivity index (χ2v) is 9.99. The lowest BCUT2D eigenvalue weighted by atomic mass is 10.0. The molecular weight excluding hydrogens is 470 g/mol. The second kappa shape index (κ2) is 12.7. The molecule has 0 radical (unpaired) electrons. The standard InChI is InChI=1S/C25H35N3O6S/c1-17(2)34-25(31)27(4)16-20-15-21(7-5-19(20)6-8-23(29)30)33-12-9-22-18(3)35-24(26-22)28-10-13-32-14-11-28/h5,7,15,17H,6,8-14,16H2,1-4H3,(H,29,30). The molecule has 0 aliphatic carbocycles. The van der Waals surface area contributed by atoms with Crippen molar-refractivity contribution in [1.29, 1.82) is 0 Å². The number of carbonyl (C=O) groups is 2. The molecule has 35 heavy (non-hydrogen) atoms. The third kappa shape index (κ3) is 8.10. The minimum atomic E-state index is -0.862. The second-order valence-electron chi connectivity index (χ2n) is 8.81. The smallest absolute Gasteiger partial charge is 0.410 e. The highest BCUT2D eigenvalue weighted by Crippen LogP contribution is 2.27. The molecule has 1 saturated heterocycles. The monoisotopic (exact) mass is 505 g/mol. The summed E-state index contributed by atoms with van der Waals surface area (Å²) in [5.74, 6) is -0.190. The van der Waals surface area contributed by atoms with Gasteiger partial charge in [-0.15, -0.1) is 11.3 Å². The number of rotatable bonds is 11. The van der Waals surface area contributed by atoms with Gasteiger partial charge in [0.25, 0.3) is 0 Å². The number of amides is 1. The van der Waals surface area contributed by atoms with E-state index in [1.165, 1.54) is 9.78 Å². The summed E-state index contributed by atoms with van der Waals surface area (Å²) in [6, 6.07) is 5.60. The fraction of sp³-hybridized carbons (Fsp3) is 0.560. The predicted octanol–water partition coefficient (Wildman–Crippen LogP) is 3.90. The van der Waals surface area contributed by atoms with Crippen LogP contribution in [0.1, 0.15) is 42.0 Å². The van der Waals surface area contributed by atoms with Gasteiger partial charge in [0.15, 0.2) is 5.13 Å². The zero-order valence-electron chi connectivity index (χ0n) is 20.9. The van der Waals surface area contributed by atoms with E-state index in [4.69, 9.17) is 24.3 Å². The number of aromatic nitrogens is 1. The average Bonchev–Trinajstić information content (AvgIpc) is 3.19. The van der Waals surface area contributed by atoms with Crippen molar-refractivity contribution in [2.24, 2.45) is 0 Å². The molecule has 2 heterocycles. The number of nitrogens with zero attached hydrogens (tertiary/aromatic N) is 3. The molecule has 1 N–H and O–H groups in total. The van der Waals surface area contributed by atoms with Gasteiger partial charge in [-0.3, -0.25) is 4.79 Å². The van der Waals surface area contributed by atoms with E-state index in [9.17, 15) is 9.59 Å². The molecule has 0 saturated carbocycles. The van der Waals surface area contributed by atoms with Gasteiger partial charge < -0.3 is 29.1 Å². The Balaban J connectivity index is 1.64. The Hall–Kier alpha value is -2.85. The first-order chi connectivity index (χ1) is 16.7. The van der Waals surface area contributed by atoms with Gasteiger partial charge in [0.2, 0.25) is 0 Å². The topological polar surface area (TPSA) is 101 Å². The SMILES string of the molecule is Cc1sc(N2CCOCC2)nc1CCOc1ccc(CCC(=O)O)c(CN(C)C(=O)OC(C)C)c1. The summed E-state index contributed by atoms with van der Waals surface area (Å²) in [5.41, 5.74) is 2.74. The molecule has 1 fully saturated rings. The lowest BCUT2D eigenvalue weighted by molar-refractivity contribution is -0.136. The van der Waals surface area contributed by atoms with Crippen LogP contribution in [0, 0.1) is 6.92 Å². The minimum absolute atomic E-state index is 0.0158. The van der Waals surface area contributed by atoms with Crippen molar-refractivity contribution >= 4 is 28.5 Å². The van der Waals surface area contributed by atoms with E-state index >= 15 is 0 Å². The first-order valence-corrected chi connectivity index (χ1v) is 12.7. The number of carboxylic acid groups (broad SMARTS) is 1. The van der Waals surface area contributed by atoms with Gasteiger partial charge in [-0.1, -0.05) is 6.07 Å². The third-order valence-corrected chi connectivity index (χ3v) is 6.69. The highest BCUT2D eigenvalue weighted by atomic mass is 32.1. The maximum absolute atomic E-state index is 12.3. The average molecular weight is 506 g/mol. The van der Waals surface area contributed by atoms with E-state index in [0.29, 0.717) is 31.7 Å². The molecule has 2 aromatic rings. The zero-order chi connectivity index (χ0) is 25.4. The third-order valence-electron chi connectivity index (χ3n) is 5.61. The summed E-state index contributed by atoms with van der Waals surface area (Å²) in [6.07, 6.45) is 0.431. The van der Waals surface area contributed by atoms with Gasteiger partial charge in [-0.2, -0.15) is 0 Å². The maximum Gasteiger partial charge on any atom is 0.410 e. The first-order valence-electron chi connectivity index (χ1n) is 11.9. The number of carbonyl (C=O) groups excluding carboxylic acids is 1. The van der Waals surface area contributed by atoms with Crippen LogP contribution in [0.3, 0.4) is 0 Å². The molecule has 1 aromatic heterocycles. The Bertz CT molecular complexity index is 1000. The van der Waals surface area contributed by atoms with Crippen molar-refractivity contribution in [2.45, 2.75) is 52.7 Å². The molecule has 192 valence electrons. The van der Waals surface area contributed by atoms with Crippen molar-refractivity contribution in [3.8, 4) is 5.75 Å². The van der Waals surface area contributed by atoms with Crippen molar-refractivity contribution in [3.63, 3.8) is 0 Å². The molecule has 0 atom stereocenters. The Kier molecular flexibility index (Phi) is 9.73. The van der Waals surface area contributed by atoms with E-state index in [0.717, 1.165) is 48.3 Å². The largest absolute Gasteiger partial charge is 0.493 e. The molecule has 0 unspecified atom stereocenters. The van der Waals surface area contributed by atoms with Crippen LogP contribution >= 0.6 is 11.3 Å². The molecule has 1 aromatic carbocycles. The molecule has 0 spiro atoms. The fourth-order valence-electron chi connectivity index (χ4n) is 3.74. The number of morpholine rings is 1. The number of aliphatic carboxylic acids is 1. The molecule has 1 amide bonds. The van der Waals surface area contributed by atoms with Crippen molar-refractivity contribution in [1.82, 2.24) is 9.88 Å². The normalized spacial score (nSPS) is 13.7. The lowest BCUT2D eigenvalue weighted by Gasteiger charge is -2.26. The summed E-state index contributed by atoms with van der Waals surface area (Å²) in [7, 11) is 1.66. The Labute approximate surface area is 210 Å². The Morgan fingerprint density at radius 2 is 1.97 bits per heavy atom. The van der Waals surface area contributed by atoms with Crippen LogP contribution in [0.4, 0.5) is 9.93 Å². The minimum Gasteiger partial charge on any atom is -0.493 e. The molecule has 9 nitrogen and oxygen atoms in total. The zero-order valence-corrected chi connectivity index (χ0v) is 21.7. The van der Waals surface area contributed by atoms with Gasteiger partial charge in [-0.25, -0.2) is 9.78 Å². The van der Waals surface area contributed by atoms with Crippen LogP contribution in [0.5, 0.6) is 5.75 Å². The molecule has 3 rings (SSSR count). The molecule has 10 heteroatoms. The van der Waals surface area contributed by atoms with E-state index < -0.39 is 12.1 Å². The quantitative estimate of drug-likeness (QED) is 0.491. The Morgan fingerprint density at radius 3 is 2.66 bits per heavy atom. The van der Waals surface area contributed by atoms with Gasteiger partial charge in [-0.05, 0) is 50.5 Å². The number of hydrogen-bond donors (Lipinski definition) is 1. The van der Waals surface area contributed by atoms with Crippen LogP contribution < -0.4 is 9.64 Å². The summed E-state index contributed by atoms with van der Waals surface area (Å²) in [5, 5.41) is 10.1. The number of hydrogen-bond acceptors (Lipinski definition) is 8. The number of benzene rings is 1.